The van der Waals surface area contributed by atoms with Crippen LogP contribution in [0.5, 0.6) is 0 Å². The van der Waals surface area contributed by atoms with Gasteiger partial charge in [-0.25, -0.2) is 4.68 Å². The number of carbonyl (C=O) groups excluding carboxylic acids is 1. The van der Waals surface area contributed by atoms with Gasteiger partial charge in [0.1, 0.15) is 17.6 Å². The molecule has 0 unspecified atom stereocenters. The summed E-state index contributed by atoms with van der Waals surface area (Å²) >= 11 is 11.3. The molecule has 0 atom stereocenters. The van der Waals surface area contributed by atoms with Crippen LogP contribution in [0.1, 0.15) is 5.56 Å². The van der Waals surface area contributed by atoms with Crippen molar-refractivity contribution in [3.63, 3.8) is 0 Å². The van der Waals surface area contributed by atoms with Gasteiger partial charge in [0, 0.05) is 0 Å². The summed E-state index contributed by atoms with van der Waals surface area (Å²) in [4.78, 5) is 23.7. The summed E-state index contributed by atoms with van der Waals surface area (Å²) in [5, 5.41) is 15.0. The molecule has 1 aromatic carbocycles. The van der Waals surface area contributed by atoms with Crippen molar-refractivity contribution >= 4 is 34.8 Å². The van der Waals surface area contributed by atoms with Crippen molar-refractivity contribution in [3.8, 4) is 6.07 Å². The van der Waals surface area contributed by atoms with E-state index < -0.39 is 11.5 Å². The third-order valence-corrected chi connectivity index (χ3v) is 3.31. The molecule has 0 bridgehead atoms. The fourth-order valence-corrected chi connectivity index (χ4v) is 1.84. The molecule has 1 aromatic heterocycles. The van der Waals surface area contributed by atoms with E-state index >= 15 is 0 Å². The monoisotopic (exact) mass is 322 g/mol. The largest absolute Gasteiger partial charge is 0.323 e. The Morgan fingerprint density at radius 3 is 2.81 bits per heavy atom. The van der Waals surface area contributed by atoms with Crippen LogP contribution in [-0.2, 0) is 11.3 Å². The molecule has 1 amide bonds. The summed E-state index contributed by atoms with van der Waals surface area (Å²) in [6.07, 6.45) is 1.18. The zero-order valence-corrected chi connectivity index (χ0v) is 12.0. The minimum absolute atomic E-state index is 0.0214. The summed E-state index contributed by atoms with van der Waals surface area (Å²) in [6.45, 7) is -0.338. The maximum Gasteiger partial charge on any atom is 0.287 e. The van der Waals surface area contributed by atoms with Crippen molar-refractivity contribution in [1.29, 1.82) is 5.26 Å². The highest BCUT2D eigenvalue weighted by Crippen LogP contribution is 2.15. The number of benzene rings is 1. The zero-order valence-electron chi connectivity index (χ0n) is 10.5. The molecule has 0 aliphatic rings. The number of nitrogens with zero attached hydrogens (tertiary/aromatic N) is 3. The van der Waals surface area contributed by atoms with Crippen LogP contribution in [0.25, 0.3) is 0 Å². The second kappa shape index (κ2) is 6.39. The molecule has 0 aliphatic heterocycles. The molecule has 8 heteroatoms. The Bertz CT molecular complexity index is 795. The smallest absolute Gasteiger partial charge is 0.287 e. The summed E-state index contributed by atoms with van der Waals surface area (Å²) in [7, 11) is 0. The summed E-state index contributed by atoms with van der Waals surface area (Å²) in [5.41, 5.74) is 0.0197. The molecular formula is C13H8Cl2N4O2. The van der Waals surface area contributed by atoms with Gasteiger partial charge in [0.05, 0.1) is 22.5 Å². The molecule has 0 radical (unpaired) electrons. The van der Waals surface area contributed by atoms with Gasteiger partial charge in [-0.2, -0.15) is 10.4 Å². The first-order valence-corrected chi connectivity index (χ1v) is 6.48. The Morgan fingerprint density at radius 2 is 2.10 bits per heavy atom. The standard InChI is InChI=1S/C13H8Cl2N4O2/c14-9-6-17-19(13(21)12(9)15)7-11(20)18-10-4-2-1-3-8(10)5-16/h1-4,6H,7H2,(H,18,20). The van der Waals surface area contributed by atoms with Crippen LogP contribution in [-0.4, -0.2) is 15.7 Å². The molecule has 0 spiro atoms. The van der Waals surface area contributed by atoms with Crippen LogP contribution in [0.3, 0.4) is 0 Å². The lowest BCUT2D eigenvalue weighted by Crippen LogP contribution is -2.30. The number of nitriles is 1. The number of carbonyl (C=O) groups is 1. The first-order chi connectivity index (χ1) is 10.0. The quantitative estimate of drug-likeness (QED) is 0.936. The SMILES string of the molecule is N#Cc1ccccc1NC(=O)Cn1ncc(Cl)c(Cl)c1=O. The minimum Gasteiger partial charge on any atom is -0.323 e. The number of para-hydroxylation sites is 1. The second-order valence-corrected chi connectivity index (χ2v) is 4.76. The fourth-order valence-electron chi connectivity index (χ4n) is 1.57. The van der Waals surface area contributed by atoms with Crippen molar-refractivity contribution in [2.24, 2.45) is 0 Å². The third-order valence-electron chi connectivity index (χ3n) is 2.56. The molecule has 0 fully saturated rings. The van der Waals surface area contributed by atoms with E-state index in [1.165, 1.54) is 6.20 Å². The average Bonchev–Trinajstić information content (AvgIpc) is 2.48. The highest BCUT2D eigenvalue weighted by atomic mass is 35.5. The fraction of sp³-hybridized carbons (Fsp3) is 0.0769. The second-order valence-electron chi connectivity index (χ2n) is 3.97. The Morgan fingerprint density at radius 1 is 1.38 bits per heavy atom. The van der Waals surface area contributed by atoms with E-state index in [1.54, 1.807) is 24.3 Å². The molecule has 1 N–H and O–H groups in total. The van der Waals surface area contributed by atoms with Gasteiger partial charge in [-0.3, -0.25) is 9.59 Å². The number of amides is 1. The lowest BCUT2D eigenvalue weighted by atomic mass is 10.2. The summed E-state index contributed by atoms with van der Waals surface area (Å²) in [5.74, 6) is -0.509. The van der Waals surface area contributed by atoms with E-state index in [1.807, 2.05) is 6.07 Å². The van der Waals surface area contributed by atoms with Gasteiger partial charge in [-0.15, -0.1) is 0 Å². The van der Waals surface area contributed by atoms with Crippen LogP contribution in [0.2, 0.25) is 10.0 Å². The molecule has 2 rings (SSSR count). The number of hydrogen-bond acceptors (Lipinski definition) is 4. The molecule has 0 saturated carbocycles. The average molecular weight is 323 g/mol. The molecule has 0 aliphatic carbocycles. The van der Waals surface area contributed by atoms with E-state index in [4.69, 9.17) is 28.5 Å². The molecule has 106 valence electrons. The number of rotatable bonds is 3. The van der Waals surface area contributed by atoms with Crippen molar-refractivity contribution in [2.75, 3.05) is 5.32 Å². The number of nitrogens with one attached hydrogen (secondary N) is 1. The van der Waals surface area contributed by atoms with Crippen molar-refractivity contribution in [1.82, 2.24) is 9.78 Å². The molecule has 2 aromatic rings. The molecule has 6 nitrogen and oxygen atoms in total. The minimum atomic E-state index is -0.659. The maximum atomic E-state index is 11.9. The van der Waals surface area contributed by atoms with Crippen LogP contribution in [0.15, 0.2) is 35.3 Å². The highest BCUT2D eigenvalue weighted by molar-refractivity contribution is 6.41. The lowest BCUT2D eigenvalue weighted by molar-refractivity contribution is -0.117. The predicted octanol–water partition coefficient (Wildman–Crippen LogP) is 2.06. The molecule has 0 saturated heterocycles. The van der Waals surface area contributed by atoms with Crippen molar-refractivity contribution in [2.45, 2.75) is 6.54 Å². The van der Waals surface area contributed by atoms with Crippen LogP contribution in [0.4, 0.5) is 5.69 Å². The number of aromatic nitrogens is 2. The van der Waals surface area contributed by atoms with Gasteiger partial charge in [0.2, 0.25) is 5.91 Å². The maximum absolute atomic E-state index is 11.9. The normalized spacial score (nSPS) is 9.95. The Kier molecular flexibility index (Phi) is 4.58. The predicted molar refractivity (Wildman–Crippen MR) is 78.3 cm³/mol. The molecular weight excluding hydrogens is 315 g/mol. The van der Waals surface area contributed by atoms with E-state index in [-0.39, 0.29) is 16.6 Å². The lowest BCUT2D eigenvalue weighted by Gasteiger charge is -2.08. The zero-order chi connectivity index (χ0) is 15.4. The van der Waals surface area contributed by atoms with E-state index in [2.05, 4.69) is 10.4 Å². The first-order valence-electron chi connectivity index (χ1n) is 5.73. The van der Waals surface area contributed by atoms with Gasteiger partial charge in [0.15, 0.2) is 0 Å². The topological polar surface area (TPSA) is 87.8 Å². The van der Waals surface area contributed by atoms with Crippen molar-refractivity contribution < 1.29 is 4.79 Å². The van der Waals surface area contributed by atoms with E-state index in [9.17, 15) is 9.59 Å². The van der Waals surface area contributed by atoms with Gasteiger partial charge in [-0.1, -0.05) is 35.3 Å². The van der Waals surface area contributed by atoms with Gasteiger partial charge in [0.25, 0.3) is 5.56 Å². The van der Waals surface area contributed by atoms with Crippen molar-refractivity contribution in [3.05, 3.63) is 56.4 Å². The first kappa shape index (κ1) is 15.0. The Labute approximate surface area is 129 Å². The summed E-state index contributed by atoms with van der Waals surface area (Å²) in [6, 6.07) is 8.47. The van der Waals surface area contributed by atoms with Gasteiger partial charge >= 0.3 is 0 Å². The van der Waals surface area contributed by atoms with Crippen LogP contribution in [0, 0.1) is 11.3 Å². The van der Waals surface area contributed by atoms with Crippen LogP contribution < -0.4 is 10.9 Å². The number of halogens is 2. The van der Waals surface area contributed by atoms with E-state index in [0.29, 0.717) is 11.3 Å². The number of anilines is 1. The summed E-state index contributed by atoms with van der Waals surface area (Å²) < 4.78 is 0.887. The molecule has 1 heterocycles. The third kappa shape index (κ3) is 3.40. The Balaban J connectivity index is 2.18. The van der Waals surface area contributed by atoms with Crippen LogP contribution >= 0.6 is 23.2 Å². The number of hydrogen-bond donors (Lipinski definition) is 1. The van der Waals surface area contributed by atoms with Gasteiger partial charge < -0.3 is 5.32 Å². The molecule has 21 heavy (non-hydrogen) atoms. The Hall–Kier alpha value is -2.36. The van der Waals surface area contributed by atoms with E-state index in [0.717, 1.165) is 4.68 Å². The van der Waals surface area contributed by atoms with Gasteiger partial charge in [-0.05, 0) is 12.1 Å². The highest BCUT2D eigenvalue weighted by Gasteiger charge is 2.12.